The predicted molar refractivity (Wildman–Crippen MR) is 127 cm³/mol. The summed E-state index contributed by atoms with van der Waals surface area (Å²) in [5.41, 5.74) is 4.15. The van der Waals surface area contributed by atoms with E-state index in [1.807, 2.05) is 60.9 Å². The number of alkyl halides is 1. The quantitative estimate of drug-likeness (QED) is 0.638. The Morgan fingerprint density at radius 1 is 1.18 bits per heavy atom. The van der Waals surface area contributed by atoms with Gasteiger partial charge in [-0.1, -0.05) is 37.1 Å². The van der Waals surface area contributed by atoms with E-state index < -0.39 is 12.2 Å². The molecule has 7 heteroatoms. The van der Waals surface area contributed by atoms with Crippen molar-refractivity contribution < 1.29 is 9.18 Å². The smallest absolute Gasteiger partial charge is 0.270 e. The Morgan fingerprint density at radius 2 is 2.03 bits per heavy atom. The van der Waals surface area contributed by atoms with Crippen molar-refractivity contribution in [1.29, 1.82) is 0 Å². The summed E-state index contributed by atoms with van der Waals surface area (Å²) in [7, 11) is 1.95. The molecule has 5 rings (SSSR count). The van der Waals surface area contributed by atoms with Crippen molar-refractivity contribution >= 4 is 23.0 Å². The number of nitrogens with zero attached hydrogens (tertiary/aromatic N) is 4. The first-order valence-corrected chi connectivity index (χ1v) is 11.6. The lowest BCUT2D eigenvalue weighted by atomic mass is 9.93. The molecule has 1 aliphatic carbocycles. The van der Waals surface area contributed by atoms with Gasteiger partial charge in [0.25, 0.3) is 5.91 Å². The van der Waals surface area contributed by atoms with E-state index in [1.165, 1.54) is 0 Å². The number of rotatable bonds is 5. The minimum Gasteiger partial charge on any atom is -0.345 e. The number of carbonyl (C=O) groups is 1. The topological polar surface area (TPSA) is 70.5 Å². The highest BCUT2D eigenvalue weighted by molar-refractivity contribution is 5.96. The monoisotopic (exact) mass is 445 g/mol. The van der Waals surface area contributed by atoms with Gasteiger partial charge < -0.3 is 5.32 Å². The first-order valence-electron chi connectivity index (χ1n) is 11.6. The minimum atomic E-state index is -0.989. The van der Waals surface area contributed by atoms with E-state index in [4.69, 9.17) is 0 Å². The zero-order valence-corrected chi connectivity index (χ0v) is 18.7. The minimum absolute atomic E-state index is 0.209. The fourth-order valence-corrected chi connectivity index (χ4v) is 4.72. The van der Waals surface area contributed by atoms with Gasteiger partial charge in [-0.05, 0) is 48.6 Å². The number of para-hydroxylation sites is 1. The lowest BCUT2D eigenvalue weighted by Crippen LogP contribution is -2.43. The predicted octanol–water partition coefficient (Wildman–Crippen LogP) is 4.25. The summed E-state index contributed by atoms with van der Waals surface area (Å²) < 4.78 is 14.3. The van der Waals surface area contributed by atoms with Gasteiger partial charge in [-0.3, -0.25) is 14.8 Å². The molecule has 0 bridgehead atoms. The molecule has 0 spiro atoms. The Balaban J connectivity index is 1.39. The Hall–Kier alpha value is -3.35. The molecular formula is C26H28FN5O. The van der Waals surface area contributed by atoms with Gasteiger partial charge in [0.15, 0.2) is 0 Å². The average Bonchev–Trinajstić information content (AvgIpc) is 3.27. The van der Waals surface area contributed by atoms with E-state index in [0.717, 1.165) is 47.1 Å². The van der Waals surface area contributed by atoms with Crippen molar-refractivity contribution in [3.05, 3.63) is 71.2 Å². The highest BCUT2D eigenvalue weighted by atomic mass is 19.1. The molecule has 2 aliphatic rings. The van der Waals surface area contributed by atoms with Crippen LogP contribution in [0.2, 0.25) is 0 Å². The summed E-state index contributed by atoms with van der Waals surface area (Å²) in [5, 5.41) is 10.1. The number of hydrazone groups is 1. The first-order chi connectivity index (χ1) is 16.1. The molecule has 170 valence electrons. The van der Waals surface area contributed by atoms with E-state index in [2.05, 4.69) is 26.5 Å². The maximum atomic E-state index is 14.3. The summed E-state index contributed by atoms with van der Waals surface area (Å²) in [6, 6.07) is 13.3. The van der Waals surface area contributed by atoms with Gasteiger partial charge in [-0.25, -0.2) is 9.37 Å². The third kappa shape index (κ3) is 4.72. The van der Waals surface area contributed by atoms with Crippen LogP contribution in [0.4, 0.5) is 4.39 Å². The zero-order valence-electron chi connectivity index (χ0n) is 18.7. The van der Waals surface area contributed by atoms with Crippen LogP contribution < -0.4 is 5.32 Å². The Bertz CT molecular complexity index is 1180. The van der Waals surface area contributed by atoms with Crippen LogP contribution in [0, 0.1) is 0 Å². The number of hydrogen-bond donors (Lipinski definition) is 1. The number of halogens is 1. The highest BCUT2D eigenvalue weighted by Gasteiger charge is 2.27. The van der Waals surface area contributed by atoms with Crippen LogP contribution in [-0.4, -0.2) is 52.9 Å². The summed E-state index contributed by atoms with van der Waals surface area (Å²) in [4.78, 5) is 22.2. The normalized spacial score (nSPS) is 22.6. The molecule has 33 heavy (non-hydrogen) atoms. The van der Waals surface area contributed by atoms with E-state index in [-0.39, 0.29) is 11.8 Å². The summed E-state index contributed by atoms with van der Waals surface area (Å²) in [6.07, 6.45) is 6.46. The molecule has 3 atom stereocenters. The van der Waals surface area contributed by atoms with Gasteiger partial charge in [0.1, 0.15) is 11.9 Å². The molecule has 1 N–H and O–H groups in total. The number of amides is 1. The summed E-state index contributed by atoms with van der Waals surface area (Å²) in [5.74, 6) is -0.102. The second-order valence-electron chi connectivity index (χ2n) is 9.04. The second kappa shape index (κ2) is 9.25. The molecule has 0 saturated heterocycles. The van der Waals surface area contributed by atoms with Gasteiger partial charge in [-0.15, -0.1) is 0 Å². The number of pyridine rings is 2. The molecule has 1 aromatic carbocycles. The number of fused-ring (bicyclic) bond motifs is 1. The molecule has 0 radical (unpaired) electrons. The Morgan fingerprint density at radius 3 is 2.79 bits per heavy atom. The van der Waals surface area contributed by atoms with Crippen LogP contribution >= 0.6 is 0 Å². The largest absolute Gasteiger partial charge is 0.345 e. The van der Waals surface area contributed by atoms with Crippen molar-refractivity contribution in [1.82, 2.24) is 20.3 Å². The molecule has 1 amide bonds. The summed E-state index contributed by atoms with van der Waals surface area (Å²) >= 11 is 0. The number of aromatic nitrogens is 2. The Kier molecular flexibility index (Phi) is 6.03. The fourth-order valence-electron chi connectivity index (χ4n) is 4.72. The van der Waals surface area contributed by atoms with Crippen LogP contribution in [0.3, 0.4) is 0 Å². The maximum absolute atomic E-state index is 14.3. The van der Waals surface area contributed by atoms with E-state index in [0.29, 0.717) is 25.0 Å². The average molecular weight is 446 g/mol. The molecule has 1 aliphatic heterocycles. The molecule has 3 aromatic rings. The van der Waals surface area contributed by atoms with Crippen molar-refractivity contribution in [3.63, 3.8) is 0 Å². The van der Waals surface area contributed by atoms with Gasteiger partial charge in [0.2, 0.25) is 0 Å². The van der Waals surface area contributed by atoms with Crippen molar-refractivity contribution in [3.8, 4) is 0 Å². The third-order valence-corrected chi connectivity index (χ3v) is 6.56. The van der Waals surface area contributed by atoms with Gasteiger partial charge in [0, 0.05) is 31.4 Å². The van der Waals surface area contributed by atoms with Gasteiger partial charge in [-0.2, -0.15) is 5.10 Å². The standard InChI is InChI=1S/C26H28FN5O/c1-32-16-19(15-29-32)22-11-10-17(14-28-22)12-18-13-25(30-23-8-4-2-6-20(18)23)26(33)31-24-9-5-3-7-21(24)27/h2,4,6,8,10-11,13-15,19,21,24H,3,5,7,9,12,16H2,1H3,(H,31,33)/t19?,21-,24-/m0/s1. The molecule has 2 aromatic heterocycles. The van der Waals surface area contributed by atoms with Crippen LogP contribution in [0.1, 0.15) is 58.9 Å². The van der Waals surface area contributed by atoms with Crippen LogP contribution in [0.25, 0.3) is 10.9 Å². The number of likely N-dealkylation sites (N-methyl/N-ethyl adjacent to an activating group) is 1. The third-order valence-electron chi connectivity index (χ3n) is 6.56. The Labute approximate surface area is 192 Å². The number of benzene rings is 1. The SMILES string of the molecule is CN1CC(c2ccc(Cc3cc(C(=O)N[C@H]4CCCC[C@@H]4F)nc4ccccc34)cn2)C=N1. The van der Waals surface area contributed by atoms with Gasteiger partial charge >= 0.3 is 0 Å². The molecule has 1 unspecified atom stereocenters. The number of carbonyl (C=O) groups excluding carboxylic acids is 1. The van der Waals surface area contributed by atoms with Crippen molar-refractivity contribution in [2.24, 2.45) is 5.10 Å². The zero-order chi connectivity index (χ0) is 22.8. The summed E-state index contributed by atoms with van der Waals surface area (Å²) in [6.45, 7) is 0.834. The van der Waals surface area contributed by atoms with E-state index in [1.54, 1.807) is 0 Å². The van der Waals surface area contributed by atoms with E-state index in [9.17, 15) is 9.18 Å². The lowest BCUT2D eigenvalue weighted by Gasteiger charge is -2.26. The molecular weight excluding hydrogens is 417 g/mol. The van der Waals surface area contributed by atoms with Crippen molar-refractivity contribution in [2.45, 2.75) is 50.2 Å². The second-order valence-corrected chi connectivity index (χ2v) is 9.04. The van der Waals surface area contributed by atoms with Crippen LogP contribution in [0.15, 0.2) is 53.8 Å². The number of hydrogen-bond acceptors (Lipinski definition) is 5. The van der Waals surface area contributed by atoms with Crippen LogP contribution in [-0.2, 0) is 6.42 Å². The molecule has 3 heterocycles. The van der Waals surface area contributed by atoms with Crippen molar-refractivity contribution in [2.75, 3.05) is 13.6 Å². The lowest BCUT2D eigenvalue weighted by molar-refractivity contribution is 0.0879. The number of nitrogens with one attached hydrogen (secondary N) is 1. The molecule has 1 fully saturated rings. The molecule has 6 nitrogen and oxygen atoms in total. The van der Waals surface area contributed by atoms with E-state index >= 15 is 0 Å². The van der Waals surface area contributed by atoms with Gasteiger partial charge in [0.05, 0.1) is 23.2 Å². The maximum Gasteiger partial charge on any atom is 0.270 e. The van der Waals surface area contributed by atoms with Crippen LogP contribution in [0.5, 0.6) is 0 Å². The fraction of sp³-hybridized carbons (Fsp3) is 0.385. The molecule has 1 saturated carbocycles. The first kappa shape index (κ1) is 21.5. The highest BCUT2D eigenvalue weighted by Crippen LogP contribution is 2.24.